The number of hydrogen-bond donors (Lipinski definition) is 1. The molecule has 4 nitrogen and oxygen atoms in total. The van der Waals surface area contributed by atoms with Crippen LogP contribution in [0.4, 0.5) is 0 Å². The molecule has 1 aromatic carbocycles. The van der Waals surface area contributed by atoms with Gasteiger partial charge in [0.2, 0.25) is 0 Å². The molecule has 2 rings (SSSR count). The van der Waals surface area contributed by atoms with Gasteiger partial charge in [-0.15, -0.1) is 0 Å². The van der Waals surface area contributed by atoms with E-state index in [9.17, 15) is 4.79 Å². The fourth-order valence-corrected chi connectivity index (χ4v) is 2.41. The average Bonchev–Trinajstić information content (AvgIpc) is 2.40. The number of aliphatic carboxylic acids is 1. The Morgan fingerprint density at radius 2 is 2.17 bits per heavy atom. The number of benzene rings is 1. The molecule has 0 bridgehead atoms. The van der Waals surface area contributed by atoms with Crippen LogP contribution in [0, 0.1) is 23.2 Å². The highest BCUT2D eigenvalue weighted by Gasteiger charge is 2.34. The van der Waals surface area contributed by atoms with E-state index in [1.54, 1.807) is 0 Å². The summed E-state index contributed by atoms with van der Waals surface area (Å²) >= 11 is 0. The van der Waals surface area contributed by atoms with E-state index in [2.05, 4.69) is 11.0 Å². The van der Waals surface area contributed by atoms with Gasteiger partial charge in [0.05, 0.1) is 17.9 Å². The minimum Gasteiger partial charge on any atom is -0.481 e. The molecule has 18 heavy (non-hydrogen) atoms. The van der Waals surface area contributed by atoms with Crippen molar-refractivity contribution in [3.8, 4) is 6.07 Å². The van der Waals surface area contributed by atoms with Gasteiger partial charge in [-0.1, -0.05) is 30.3 Å². The highest BCUT2D eigenvalue weighted by Crippen LogP contribution is 2.24. The second-order valence-electron chi connectivity index (χ2n) is 4.69. The maximum absolute atomic E-state index is 11.1. The second-order valence-corrected chi connectivity index (χ2v) is 4.69. The van der Waals surface area contributed by atoms with E-state index in [1.807, 2.05) is 30.3 Å². The number of nitriles is 1. The maximum atomic E-state index is 11.1. The first-order chi connectivity index (χ1) is 8.70. The van der Waals surface area contributed by atoms with Crippen molar-refractivity contribution < 1.29 is 9.90 Å². The molecule has 0 aliphatic carbocycles. The van der Waals surface area contributed by atoms with Crippen LogP contribution < -0.4 is 0 Å². The zero-order valence-corrected chi connectivity index (χ0v) is 10.1. The summed E-state index contributed by atoms with van der Waals surface area (Å²) in [6, 6.07) is 12.1. The van der Waals surface area contributed by atoms with E-state index in [4.69, 9.17) is 10.4 Å². The number of rotatable bonds is 3. The van der Waals surface area contributed by atoms with Crippen LogP contribution in [-0.2, 0) is 11.3 Å². The minimum atomic E-state index is -0.862. The molecule has 0 amide bonds. The zero-order valence-electron chi connectivity index (χ0n) is 10.1. The standard InChI is InChI=1S/C14H16N2O2/c15-8-12-6-7-16(10-13(12)14(17)18)9-11-4-2-1-3-5-11/h1-5,12-13H,6-7,9-10H2,(H,17,18)/t12-,13+/m0/s1. The number of nitrogens with zero attached hydrogens (tertiary/aromatic N) is 2. The van der Waals surface area contributed by atoms with Crippen molar-refractivity contribution in [2.45, 2.75) is 13.0 Å². The van der Waals surface area contributed by atoms with Crippen molar-refractivity contribution in [2.75, 3.05) is 13.1 Å². The van der Waals surface area contributed by atoms with Crippen LogP contribution in [0.5, 0.6) is 0 Å². The first-order valence-corrected chi connectivity index (χ1v) is 6.09. The van der Waals surface area contributed by atoms with Gasteiger partial charge >= 0.3 is 5.97 Å². The van der Waals surface area contributed by atoms with Crippen LogP contribution in [0.2, 0.25) is 0 Å². The van der Waals surface area contributed by atoms with Gasteiger partial charge in [-0.2, -0.15) is 5.26 Å². The van der Waals surface area contributed by atoms with Gasteiger partial charge in [0, 0.05) is 13.1 Å². The van der Waals surface area contributed by atoms with Gasteiger partial charge in [-0.25, -0.2) is 0 Å². The molecule has 0 aromatic heterocycles. The number of likely N-dealkylation sites (tertiary alicyclic amines) is 1. The highest BCUT2D eigenvalue weighted by atomic mass is 16.4. The molecule has 1 aliphatic heterocycles. The molecular weight excluding hydrogens is 228 g/mol. The van der Waals surface area contributed by atoms with Gasteiger partial charge in [0.25, 0.3) is 0 Å². The van der Waals surface area contributed by atoms with Crippen LogP contribution in [0.15, 0.2) is 30.3 Å². The number of hydrogen-bond acceptors (Lipinski definition) is 3. The lowest BCUT2D eigenvalue weighted by molar-refractivity contribution is -0.145. The minimum absolute atomic E-state index is 0.352. The molecule has 1 aromatic rings. The maximum Gasteiger partial charge on any atom is 0.309 e. The molecule has 94 valence electrons. The van der Waals surface area contributed by atoms with Crippen molar-refractivity contribution >= 4 is 5.97 Å². The van der Waals surface area contributed by atoms with Gasteiger partial charge in [0.15, 0.2) is 0 Å². The van der Waals surface area contributed by atoms with Crippen molar-refractivity contribution in [3.05, 3.63) is 35.9 Å². The van der Waals surface area contributed by atoms with E-state index in [0.29, 0.717) is 13.0 Å². The highest BCUT2D eigenvalue weighted by molar-refractivity contribution is 5.71. The summed E-state index contributed by atoms with van der Waals surface area (Å²) in [5.74, 6) is -1.78. The van der Waals surface area contributed by atoms with Crippen molar-refractivity contribution in [2.24, 2.45) is 11.8 Å². The van der Waals surface area contributed by atoms with E-state index in [-0.39, 0.29) is 5.92 Å². The topological polar surface area (TPSA) is 64.3 Å². The predicted molar refractivity (Wildman–Crippen MR) is 66.6 cm³/mol. The van der Waals surface area contributed by atoms with Crippen LogP contribution in [-0.4, -0.2) is 29.1 Å². The van der Waals surface area contributed by atoms with E-state index >= 15 is 0 Å². The SMILES string of the molecule is N#C[C@@H]1CCN(Cc2ccccc2)C[C@H]1C(=O)O. The Labute approximate surface area is 106 Å². The second kappa shape index (κ2) is 5.65. The Morgan fingerprint density at radius 3 is 2.78 bits per heavy atom. The van der Waals surface area contributed by atoms with Gasteiger partial charge in [0.1, 0.15) is 0 Å². The molecule has 0 saturated carbocycles. The Balaban J connectivity index is 2.01. The fraction of sp³-hybridized carbons (Fsp3) is 0.429. The summed E-state index contributed by atoms with van der Waals surface area (Å²) < 4.78 is 0. The van der Waals surface area contributed by atoms with Crippen LogP contribution >= 0.6 is 0 Å². The van der Waals surface area contributed by atoms with Crippen LogP contribution in [0.25, 0.3) is 0 Å². The van der Waals surface area contributed by atoms with E-state index < -0.39 is 11.9 Å². The smallest absolute Gasteiger partial charge is 0.309 e. The quantitative estimate of drug-likeness (QED) is 0.879. The fourth-order valence-electron chi connectivity index (χ4n) is 2.41. The Hall–Kier alpha value is -1.86. The average molecular weight is 244 g/mol. The van der Waals surface area contributed by atoms with Crippen LogP contribution in [0.3, 0.4) is 0 Å². The van der Waals surface area contributed by atoms with Gasteiger partial charge in [-0.05, 0) is 18.5 Å². The largest absolute Gasteiger partial charge is 0.481 e. The first kappa shape index (κ1) is 12.6. The third kappa shape index (κ3) is 2.88. The van der Waals surface area contributed by atoms with Gasteiger partial charge < -0.3 is 5.11 Å². The Kier molecular flexibility index (Phi) is 3.96. The molecule has 2 atom stereocenters. The number of carboxylic acids is 1. The third-order valence-electron chi connectivity index (χ3n) is 3.43. The summed E-state index contributed by atoms with van der Waals surface area (Å²) in [6.45, 7) is 2.00. The molecule has 1 heterocycles. The molecule has 0 radical (unpaired) electrons. The van der Waals surface area contributed by atoms with E-state index in [1.165, 1.54) is 5.56 Å². The molecule has 0 spiro atoms. The van der Waals surface area contributed by atoms with Gasteiger partial charge in [-0.3, -0.25) is 9.69 Å². The summed E-state index contributed by atoms with van der Waals surface area (Å²) in [5.41, 5.74) is 1.18. The van der Waals surface area contributed by atoms with E-state index in [0.717, 1.165) is 13.1 Å². The third-order valence-corrected chi connectivity index (χ3v) is 3.43. The lowest BCUT2D eigenvalue weighted by atomic mass is 9.86. The number of carbonyl (C=O) groups is 1. The Bertz CT molecular complexity index is 453. The molecule has 1 fully saturated rings. The summed E-state index contributed by atoms with van der Waals surface area (Å²) in [6.07, 6.45) is 0.639. The Morgan fingerprint density at radius 1 is 1.44 bits per heavy atom. The molecule has 1 saturated heterocycles. The number of piperidine rings is 1. The molecule has 1 aliphatic rings. The summed E-state index contributed by atoms with van der Waals surface area (Å²) in [4.78, 5) is 13.3. The van der Waals surface area contributed by atoms with Crippen molar-refractivity contribution in [3.63, 3.8) is 0 Å². The zero-order chi connectivity index (χ0) is 13.0. The predicted octanol–water partition coefficient (Wildman–Crippen LogP) is 1.73. The molecule has 1 N–H and O–H groups in total. The van der Waals surface area contributed by atoms with Crippen molar-refractivity contribution in [1.29, 1.82) is 5.26 Å². The van der Waals surface area contributed by atoms with Crippen LogP contribution in [0.1, 0.15) is 12.0 Å². The van der Waals surface area contributed by atoms with Crippen molar-refractivity contribution in [1.82, 2.24) is 4.90 Å². The molecule has 0 unspecified atom stereocenters. The summed E-state index contributed by atoms with van der Waals surface area (Å²) in [5, 5.41) is 18.1. The normalized spacial score (nSPS) is 24.4. The summed E-state index contributed by atoms with van der Waals surface area (Å²) in [7, 11) is 0. The molecular formula is C14H16N2O2. The first-order valence-electron chi connectivity index (χ1n) is 6.09. The lowest BCUT2D eigenvalue weighted by Crippen LogP contribution is -2.43. The molecule has 4 heteroatoms. The number of carboxylic acid groups (broad SMARTS) is 1. The monoisotopic (exact) mass is 244 g/mol. The lowest BCUT2D eigenvalue weighted by Gasteiger charge is -2.33.